The molecule has 2 aromatic heterocycles. The molecule has 1 atom stereocenters. The summed E-state index contributed by atoms with van der Waals surface area (Å²) in [6.07, 6.45) is 1.65. The molecule has 0 aromatic carbocycles. The number of rotatable bonds is 3. The zero-order valence-electron chi connectivity index (χ0n) is 8.80. The highest BCUT2D eigenvalue weighted by atomic mass is 16.5. The Bertz CT molecular complexity index is 447. The van der Waals surface area contributed by atoms with Crippen LogP contribution in [0, 0.1) is 6.92 Å². The van der Waals surface area contributed by atoms with Crippen LogP contribution in [0.15, 0.2) is 10.9 Å². The smallest absolute Gasteiger partial charge is 0.322 e. The fourth-order valence-corrected chi connectivity index (χ4v) is 1.29. The second-order valence-electron chi connectivity index (χ2n) is 3.31. The predicted molar refractivity (Wildman–Crippen MR) is 52.1 cm³/mol. The first kappa shape index (κ1) is 9.63. The molecule has 0 saturated carbocycles. The van der Waals surface area contributed by atoms with Crippen LogP contribution in [0.1, 0.15) is 24.6 Å². The molecular weight excluding hydrogens is 196 g/mol. The minimum atomic E-state index is -0.0302. The van der Waals surface area contributed by atoms with Crippen molar-refractivity contribution in [2.75, 3.05) is 5.32 Å². The van der Waals surface area contributed by atoms with E-state index < -0.39 is 0 Å². The number of nitrogens with zero attached hydrogens (tertiary/aromatic N) is 5. The van der Waals surface area contributed by atoms with Gasteiger partial charge < -0.3 is 14.4 Å². The Morgan fingerprint density at radius 1 is 1.53 bits per heavy atom. The first-order chi connectivity index (χ1) is 7.16. The highest BCUT2D eigenvalue weighted by Gasteiger charge is 2.13. The van der Waals surface area contributed by atoms with Gasteiger partial charge in [-0.25, -0.2) is 0 Å². The topological polar surface area (TPSA) is 81.7 Å². The van der Waals surface area contributed by atoms with Crippen molar-refractivity contribution in [3.63, 3.8) is 0 Å². The fourth-order valence-electron chi connectivity index (χ4n) is 1.29. The van der Waals surface area contributed by atoms with Gasteiger partial charge in [0, 0.05) is 7.05 Å². The Morgan fingerprint density at radius 2 is 2.33 bits per heavy atom. The lowest BCUT2D eigenvalue weighted by Gasteiger charge is -2.09. The van der Waals surface area contributed by atoms with Gasteiger partial charge >= 0.3 is 6.01 Å². The quantitative estimate of drug-likeness (QED) is 0.798. The van der Waals surface area contributed by atoms with E-state index >= 15 is 0 Å². The summed E-state index contributed by atoms with van der Waals surface area (Å²) < 4.78 is 6.78. The van der Waals surface area contributed by atoms with E-state index in [4.69, 9.17) is 4.52 Å². The third kappa shape index (κ3) is 1.95. The maximum Gasteiger partial charge on any atom is 0.322 e. The van der Waals surface area contributed by atoms with Crippen LogP contribution in [0.5, 0.6) is 0 Å². The molecule has 0 radical (unpaired) electrons. The van der Waals surface area contributed by atoms with Crippen LogP contribution in [0.4, 0.5) is 6.01 Å². The maximum atomic E-state index is 4.94. The molecule has 7 heteroatoms. The Hall–Kier alpha value is -1.92. The van der Waals surface area contributed by atoms with Crippen LogP contribution >= 0.6 is 0 Å². The van der Waals surface area contributed by atoms with Crippen molar-refractivity contribution in [2.24, 2.45) is 7.05 Å². The van der Waals surface area contributed by atoms with Gasteiger partial charge in [-0.2, -0.15) is 4.98 Å². The van der Waals surface area contributed by atoms with Crippen molar-refractivity contribution in [2.45, 2.75) is 19.9 Å². The zero-order valence-corrected chi connectivity index (χ0v) is 8.80. The van der Waals surface area contributed by atoms with Crippen LogP contribution in [0.25, 0.3) is 0 Å². The highest BCUT2D eigenvalue weighted by molar-refractivity contribution is 5.22. The average molecular weight is 208 g/mol. The Labute approximate surface area is 86.5 Å². The molecule has 0 saturated heterocycles. The minimum absolute atomic E-state index is 0.0302. The molecule has 0 spiro atoms. The van der Waals surface area contributed by atoms with E-state index in [0.29, 0.717) is 11.8 Å². The highest BCUT2D eigenvalue weighted by Crippen LogP contribution is 2.14. The van der Waals surface area contributed by atoms with E-state index in [1.165, 1.54) is 0 Å². The van der Waals surface area contributed by atoms with Crippen LogP contribution in [-0.2, 0) is 7.05 Å². The van der Waals surface area contributed by atoms with Crippen molar-refractivity contribution >= 4 is 6.01 Å². The van der Waals surface area contributed by atoms with Crippen LogP contribution in [0.3, 0.4) is 0 Å². The van der Waals surface area contributed by atoms with Gasteiger partial charge in [0.1, 0.15) is 6.33 Å². The molecule has 1 unspecified atom stereocenters. The van der Waals surface area contributed by atoms with Crippen molar-refractivity contribution in [1.29, 1.82) is 0 Å². The number of aryl methyl sites for hydroxylation is 2. The summed E-state index contributed by atoms with van der Waals surface area (Å²) in [7, 11) is 1.88. The van der Waals surface area contributed by atoms with E-state index in [1.54, 1.807) is 13.3 Å². The van der Waals surface area contributed by atoms with Gasteiger partial charge in [0.25, 0.3) is 0 Å². The van der Waals surface area contributed by atoms with Gasteiger partial charge in [-0.15, -0.1) is 10.2 Å². The molecule has 2 heterocycles. The first-order valence-corrected chi connectivity index (χ1v) is 4.57. The molecular formula is C8H12N6O. The Morgan fingerprint density at radius 3 is 2.87 bits per heavy atom. The molecule has 2 rings (SSSR count). The number of hydrogen-bond acceptors (Lipinski definition) is 6. The van der Waals surface area contributed by atoms with Crippen LogP contribution < -0.4 is 5.32 Å². The summed E-state index contributed by atoms with van der Waals surface area (Å²) in [5, 5.41) is 14.5. The summed E-state index contributed by atoms with van der Waals surface area (Å²) in [6, 6.07) is 0.361. The molecule has 2 aromatic rings. The van der Waals surface area contributed by atoms with E-state index in [1.807, 2.05) is 18.5 Å². The normalized spacial score (nSPS) is 12.7. The molecule has 0 amide bonds. The van der Waals surface area contributed by atoms with Gasteiger partial charge in [0.15, 0.2) is 11.6 Å². The van der Waals surface area contributed by atoms with Crippen LogP contribution in [-0.4, -0.2) is 24.9 Å². The van der Waals surface area contributed by atoms with E-state index in [-0.39, 0.29) is 6.04 Å². The van der Waals surface area contributed by atoms with Gasteiger partial charge in [-0.3, -0.25) is 0 Å². The van der Waals surface area contributed by atoms with Crippen molar-refractivity contribution in [1.82, 2.24) is 24.9 Å². The molecule has 15 heavy (non-hydrogen) atoms. The summed E-state index contributed by atoms with van der Waals surface area (Å²) in [5.41, 5.74) is 0. The van der Waals surface area contributed by atoms with Gasteiger partial charge in [-0.1, -0.05) is 5.16 Å². The Balaban J connectivity index is 2.10. The summed E-state index contributed by atoms with van der Waals surface area (Å²) in [4.78, 5) is 4.04. The van der Waals surface area contributed by atoms with Crippen molar-refractivity contribution in [3.05, 3.63) is 18.0 Å². The number of anilines is 1. The largest absolute Gasteiger partial charge is 0.328 e. The standard InChI is InChI=1S/C8H12N6O/c1-5(7-12-9-4-14(7)3)10-8-11-6(2)13-15-8/h4-5H,1-3H3,(H,10,11,13). The molecule has 0 bridgehead atoms. The fraction of sp³-hybridized carbons (Fsp3) is 0.500. The second kappa shape index (κ2) is 3.68. The summed E-state index contributed by atoms with van der Waals surface area (Å²) >= 11 is 0. The molecule has 0 fully saturated rings. The molecule has 0 aliphatic rings. The summed E-state index contributed by atoms with van der Waals surface area (Å²) in [5.74, 6) is 1.41. The van der Waals surface area contributed by atoms with Gasteiger partial charge in [0.2, 0.25) is 0 Å². The number of nitrogens with one attached hydrogen (secondary N) is 1. The molecule has 0 aliphatic heterocycles. The third-order valence-corrected chi connectivity index (χ3v) is 2.00. The third-order valence-electron chi connectivity index (χ3n) is 2.00. The van der Waals surface area contributed by atoms with Crippen molar-refractivity contribution < 1.29 is 4.52 Å². The van der Waals surface area contributed by atoms with Crippen molar-refractivity contribution in [3.8, 4) is 0 Å². The van der Waals surface area contributed by atoms with E-state index in [9.17, 15) is 0 Å². The first-order valence-electron chi connectivity index (χ1n) is 4.57. The molecule has 0 aliphatic carbocycles. The van der Waals surface area contributed by atoms with E-state index in [0.717, 1.165) is 5.82 Å². The minimum Gasteiger partial charge on any atom is -0.328 e. The summed E-state index contributed by atoms with van der Waals surface area (Å²) in [6.45, 7) is 3.71. The Kier molecular flexibility index (Phi) is 2.36. The maximum absolute atomic E-state index is 4.94. The zero-order chi connectivity index (χ0) is 10.8. The lowest BCUT2D eigenvalue weighted by molar-refractivity contribution is 0.421. The lowest BCUT2D eigenvalue weighted by Crippen LogP contribution is -2.12. The molecule has 7 nitrogen and oxygen atoms in total. The van der Waals surface area contributed by atoms with Crippen LogP contribution in [0.2, 0.25) is 0 Å². The van der Waals surface area contributed by atoms with Gasteiger partial charge in [-0.05, 0) is 13.8 Å². The number of hydrogen-bond donors (Lipinski definition) is 1. The lowest BCUT2D eigenvalue weighted by atomic mass is 10.3. The molecule has 1 N–H and O–H groups in total. The van der Waals surface area contributed by atoms with Gasteiger partial charge in [0.05, 0.1) is 6.04 Å². The molecule has 80 valence electrons. The second-order valence-corrected chi connectivity index (χ2v) is 3.31. The predicted octanol–water partition coefficient (Wildman–Crippen LogP) is 0.680. The SMILES string of the molecule is Cc1noc(NC(C)c2nncn2C)n1. The monoisotopic (exact) mass is 208 g/mol. The van der Waals surface area contributed by atoms with E-state index in [2.05, 4.69) is 25.7 Å². The average Bonchev–Trinajstić information content (AvgIpc) is 2.75. The number of aromatic nitrogens is 5.